The van der Waals surface area contributed by atoms with E-state index in [-0.39, 0.29) is 0 Å². The normalized spacial score (nSPS) is 9.37. The van der Waals surface area contributed by atoms with Gasteiger partial charge in [0.1, 0.15) is 11.5 Å². The van der Waals surface area contributed by atoms with Crippen molar-refractivity contribution in [2.24, 2.45) is 0 Å². The Morgan fingerprint density at radius 2 is 1.63 bits per heavy atom. The van der Waals surface area contributed by atoms with Crippen molar-refractivity contribution in [3.05, 3.63) is 58.7 Å². The molecule has 5 heteroatoms. The minimum atomic E-state index is -0.490. The minimum Gasteiger partial charge on any atom is -0.494 e. The maximum atomic E-state index is 11.1. The van der Waals surface area contributed by atoms with Crippen LogP contribution in [0.4, 0.5) is 0 Å². The maximum Gasteiger partial charge on any atom is 0.186 e. The van der Waals surface area contributed by atoms with Crippen LogP contribution in [-0.4, -0.2) is 38.5 Å². The summed E-state index contributed by atoms with van der Waals surface area (Å²) in [4.78, 5) is 11.1. The summed E-state index contributed by atoms with van der Waals surface area (Å²) in [7, 11) is 1.68. The quantitative estimate of drug-likeness (QED) is 0.478. The lowest BCUT2D eigenvalue weighted by Crippen LogP contribution is -2.00. The van der Waals surface area contributed by atoms with E-state index >= 15 is 0 Å². The molecule has 1 N–H and O–H groups in total. The van der Waals surface area contributed by atoms with Crippen LogP contribution in [0.2, 0.25) is 0 Å². The van der Waals surface area contributed by atoms with Gasteiger partial charge in [0, 0.05) is 24.8 Å². The van der Waals surface area contributed by atoms with Gasteiger partial charge in [0.25, 0.3) is 0 Å². The molecular formula is C22H26O5. The lowest BCUT2D eigenvalue weighted by molar-refractivity contribution is 0.0958. The monoisotopic (exact) mass is 370 g/mol. The van der Waals surface area contributed by atoms with Crippen molar-refractivity contribution in [3.8, 4) is 23.3 Å². The molecule has 0 unspecified atom stereocenters. The van der Waals surface area contributed by atoms with E-state index in [0.717, 1.165) is 23.5 Å². The molecule has 2 aromatic carbocycles. The Labute approximate surface area is 160 Å². The highest BCUT2D eigenvalue weighted by molar-refractivity contribution is 5.82. The molecule has 0 spiro atoms. The zero-order valence-corrected chi connectivity index (χ0v) is 16.2. The van der Waals surface area contributed by atoms with Gasteiger partial charge in [-0.05, 0) is 62.7 Å². The number of ether oxygens (including phenoxy) is 3. The summed E-state index contributed by atoms with van der Waals surface area (Å²) in [6.45, 7) is 6.65. The number of rotatable bonds is 6. The zero-order chi connectivity index (χ0) is 20.1. The van der Waals surface area contributed by atoms with Crippen LogP contribution < -0.4 is 9.47 Å². The summed E-state index contributed by atoms with van der Waals surface area (Å²) in [6, 6.07) is 11.0. The van der Waals surface area contributed by atoms with E-state index in [1.807, 2.05) is 44.2 Å². The van der Waals surface area contributed by atoms with Crippen LogP contribution in [0.3, 0.4) is 0 Å². The number of aryl methyl sites for hydroxylation is 1. The Hall–Kier alpha value is -2.81. The molecule has 0 aliphatic carbocycles. The highest BCUT2D eigenvalue weighted by atomic mass is 16.6. The second kappa shape index (κ2) is 12.5. The summed E-state index contributed by atoms with van der Waals surface area (Å²) in [5, 5.41) is 8.91. The topological polar surface area (TPSA) is 65.0 Å². The van der Waals surface area contributed by atoms with Crippen LogP contribution in [0.5, 0.6) is 11.5 Å². The fourth-order valence-corrected chi connectivity index (χ4v) is 2.12. The number of hydrogen-bond donors (Lipinski definition) is 1. The van der Waals surface area contributed by atoms with Crippen molar-refractivity contribution in [1.82, 2.24) is 0 Å². The van der Waals surface area contributed by atoms with E-state index in [0.29, 0.717) is 29.8 Å². The van der Waals surface area contributed by atoms with Gasteiger partial charge in [-0.3, -0.25) is 4.79 Å². The number of hydrogen-bond acceptors (Lipinski definition) is 5. The van der Waals surface area contributed by atoms with E-state index in [9.17, 15) is 4.79 Å². The molecular weight excluding hydrogens is 344 g/mol. The molecule has 5 nitrogen and oxygen atoms in total. The van der Waals surface area contributed by atoms with Crippen LogP contribution in [0, 0.1) is 18.8 Å². The Morgan fingerprint density at radius 3 is 2.15 bits per heavy atom. The highest BCUT2D eigenvalue weighted by Crippen LogP contribution is 2.22. The van der Waals surface area contributed by atoms with Crippen LogP contribution in [-0.2, 0) is 4.74 Å². The molecule has 2 rings (SSSR count). The van der Waals surface area contributed by atoms with E-state index in [1.54, 1.807) is 20.1 Å². The Kier molecular flexibility index (Phi) is 10.3. The standard InChI is InChI=1S/C19H18O4.C3H8O/c1-3-22-17-8-6-15(7-9-17)4-5-16-10-14(2)18(12-20)19(11-16)23-13-21;1-3-4-2/h6-12,21H,3,13H2,1-2H3;3H2,1-2H3. The van der Waals surface area contributed by atoms with Crippen molar-refractivity contribution in [2.75, 3.05) is 27.1 Å². The average Bonchev–Trinajstić information content (AvgIpc) is 2.68. The van der Waals surface area contributed by atoms with Crippen LogP contribution in [0.25, 0.3) is 0 Å². The third-order valence-corrected chi connectivity index (χ3v) is 3.49. The predicted octanol–water partition coefficient (Wildman–Crippen LogP) is 3.59. The second-order valence-electron chi connectivity index (χ2n) is 5.38. The van der Waals surface area contributed by atoms with E-state index in [1.165, 1.54) is 0 Å². The fourth-order valence-electron chi connectivity index (χ4n) is 2.12. The number of aliphatic hydroxyl groups is 1. The number of aliphatic hydroxyl groups excluding tert-OH is 1. The molecule has 144 valence electrons. The highest BCUT2D eigenvalue weighted by Gasteiger charge is 2.08. The van der Waals surface area contributed by atoms with E-state index in [2.05, 4.69) is 16.6 Å². The van der Waals surface area contributed by atoms with Gasteiger partial charge in [0.15, 0.2) is 13.1 Å². The summed E-state index contributed by atoms with van der Waals surface area (Å²) in [5.41, 5.74) is 2.74. The number of methoxy groups -OCH3 is 1. The van der Waals surface area contributed by atoms with Gasteiger partial charge >= 0.3 is 0 Å². The van der Waals surface area contributed by atoms with Gasteiger partial charge < -0.3 is 19.3 Å². The molecule has 0 aliphatic heterocycles. The molecule has 0 atom stereocenters. The third kappa shape index (κ3) is 7.53. The zero-order valence-electron chi connectivity index (χ0n) is 16.2. The average molecular weight is 370 g/mol. The van der Waals surface area contributed by atoms with Crippen LogP contribution in [0.1, 0.15) is 40.9 Å². The number of carbonyl (C=O) groups is 1. The fraction of sp³-hybridized carbons (Fsp3) is 0.318. The van der Waals surface area contributed by atoms with Gasteiger partial charge in [-0.15, -0.1) is 0 Å². The van der Waals surface area contributed by atoms with Gasteiger partial charge in [0.2, 0.25) is 0 Å². The largest absolute Gasteiger partial charge is 0.494 e. The maximum absolute atomic E-state index is 11.1. The van der Waals surface area contributed by atoms with Gasteiger partial charge in [-0.1, -0.05) is 11.8 Å². The van der Waals surface area contributed by atoms with Crippen molar-refractivity contribution < 1.29 is 24.1 Å². The molecule has 0 aromatic heterocycles. The number of benzene rings is 2. The SMILES string of the molecule is CCOC.CCOc1ccc(C#Cc2cc(C)c(C=O)c(OCO)c2)cc1. The van der Waals surface area contributed by atoms with Crippen LogP contribution >= 0.6 is 0 Å². The van der Waals surface area contributed by atoms with Crippen molar-refractivity contribution in [3.63, 3.8) is 0 Å². The molecule has 0 aliphatic rings. The molecule has 2 aromatic rings. The van der Waals surface area contributed by atoms with E-state index in [4.69, 9.17) is 14.6 Å². The van der Waals surface area contributed by atoms with Crippen molar-refractivity contribution >= 4 is 6.29 Å². The number of aldehydes is 1. The summed E-state index contributed by atoms with van der Waals surface area (Å²) < 4.78 is 15.0. The molecule has 0 saturated carbocycles. The first kappa shape index (κ1) is 22.2. The Bertz CT molecular complexity index is 768. The molecule has 27 heavy (non-hydrogen) atoms. The predicted molar refractivity (Wildman–Crippen MR) is 105 cm³/mol. The van der Waals surface area contributed by atoms with Crippen molar-refractivity contribution in [1.29, 1.82) is 0 Å². The molecule has 0 bridgehead atoms. The van der Waals surface area contributed by atoms with E-state index < -0.39 is 6.79 Å². The molecule has 0 fully saturated rings. The summed E-state index contributed by atoms with van der Waals surface area (Å²) >= 11 is 0. The van der Waals surface area contributed by atoms with Gasteiger partial charge in [0.05, 0.1) is 12.2 Å². The van der Waals surface area contributed by atoms with Crippen LogP contribution in [0.15, 0.2) is 36.4 Å². The Morgan fingerprint density at radius 1 is 1.00 bits per heavy atom. The summed E-state index contributed by atoms with van der Waals surface area (Å²) in [5.74, 6) is 7.23. The molecule has 0 saturated heterocycles. The lowest BCUT2D eigenvalue weighted by atomic mass is 10.0. The molecule has 0 heterocycles. The molecule has 0 amide bonds. The Balaban J connectivity index is 0.000000828. The third-order valence-electron chi connectivity index (χ3n) is 3.49. The smallest absolute Gasteiger partial charge is 0.186 e. The molecule has 0 radical (unpaired) electrons. The first-order valence-electron chi connectivity index (χ1n) is 8.66. The van der Waals surface area contributed by atoms with Gasteiger partial charge in [-0.25, -0.2) is 0 Å². The minimum absolute atomic E-state index is 0.332. The number of carbonyl (C=O) groups excluding carboxylic acids is 1. The summed E-state index contributed by atoms with van der Waals surface area (Å²) in [6.07, 6.45) is 0.712. The van der Waals surface area contributed by atoms with Crippen molar-refractivity contribution in [2.45, 2.75) is 20.8 Å². The van der Waals surface area contributed by atoms with Gasteiger partial charge in [-0.2, -0.15) is 0 Å². The first-order valence-corrected chi connectivity index (χ1v) is 8.66. The second-order valence-corrected chi connectivity index (χ2v) is 5.38. The first-order chi connectivity index (χ1) is 13.1. The lowest BCUT2D eigenvalue weighted by Gasteiger charge is -2.08.